The number of methoxy groups -OCH3 is 1. The number of alkyl halides is 3. The van der Waals surface area contributed by atoms with Gasteiger partial charge in [0.15, 0.2) is 5.69 Å². The molecule has 116 valence electrons. The molecule has 0 aliphatic carbocycles. The first-order chi connectivity index (χ1) is 9.73. The molecular weight excluding hydrogens is 307 g/mol. The summed E-state index contributed by atoms with van der Waals surface area (Å²) in [5.41, 5.74) is -1.50. The van der Waals surface area contributed by atoms with Gasteiger partial charge in [0.2, 0.25) is 5.88 Å². The average Bonchev–Trinajstić information content (AvgIpc) is 2.74. The second-order valence-corrected chi connectivity index (χ2v) is 6.06. The van der Waals surface area contributed by atoms with Gasteiger partial charge >= 0.3 is 6.18 Å². The largest absolute Gasteiger partial charge is 0.481 e. The van der Waals surface area contributed by atoms with Crippen LogP contribution in [-0.4, -0.2) is 27.7 Å². The van der Waals surface area contributed by atoms with Crippen LogP contribution in [0.4, 0.5) is 13.2 Å². The molecule has 2 heterocycles. The van der Waals surface area contributed by atoms with Gasteiger partial charge in [-0.15, -0.1) is 11.8 Å². The van der Waals surface area contributed by atoms with Gasteiger partial charge in [-0.2, -0.15) is 13.2 Å². The number of oxime groups is 1. The molecule has 1 aliphatic heterocycles. The zero-order valence-corrected chi connectivity index (χ0v) is 12.5. The lowest BCUT2D eigenvalue weighted by Crippen LogP contribution is -2.18. The van der Waals surface area contributed by atoms with Crippen LogP contribution in [0.5, 0.6) is 5.88 Å². The van der Waals surface area contributed by atoms with E-state index in [1.807, 2.05) is 13.8 Å². The van der Waals surface area contributed by atoms with E-state index in [0.717, 1.165) is 18.1 Å². The molecule has 0 amide bonds. The molecule has 0 spiro atoms. The van der Waals surface area contributed by atoms with Gasteiger partial charge in [0.25, 0.3) is 0 Å². The van der Waals surface area contributed by atoms with Crippen LogP contribution in [0.25, 0.3) is 0 Å². The minimum Gasteiger partial charge on any atom is -0.481 e. The molecule has 0 unspecified atom stereocenters. The van der Waals surface area contributed by atoms with Gasteiger partial charge in [-0.1, -0.05) is 5.16 Å². The van der Waals surface area contributed by atoms with Crippen molar-refractivity contribution in [3.05, 3.63) is 17.6 Å². The van der Waals surface area contributed by atoms with Crippen molar-refractivity contribution in [3.63, 3.8) is 0 Å². The summed E-state index contributed by atoms with van der Waals surface area (Å²) in [7, 11) is 1.27. The van der Waals surface area contributed by atoms with Gasteiger partial charge in [-0.3, -0.25) is 0 Å². The van der Waals surface area contributed by atoms with Crippen molar-refractivity contribution in [2.24, 2.45) is 5.16 Å². The van der Waals surface area contributed by atoms with Crippen LogP contribution in [0.1, 0.15) is 31.5 Å². The van der Waals surface area contributed by atoms with E-state index in [9.17, 15) is 13.2 Å². The van der Waals surface area contributed by atoms with Crippen molar-refractivity contribution >= 4 is 16.8 Å². The molecule has 0 radical (unpaired) electrons. The van der Waals surface area contributed by atoms with Crippen LogP contribution in [0, 0.1) is 0 Å². The van der Waals surface area contributed by atoms with Gasteiger partial charge in [0, 0.05) is 12.2 Å². The second-order valence-electron chi connectivity index (χ2n) is 5.01. The number of hydrogen-bond acceptors (Lipinski definition) is 6. The van der Waals surface area contributed by atoms with E-state index in [-0.39, 0.29) is 17.2 Å². The van der Waals surface area contributed by atoms with Crippen molar-refractivity contribution in [2.45, 2.75) is 37.8 Å². The SMILES string of the molecule is COc1ncnc(C(F)(F)F)c1CSC1=NOC(C)(C)C1. The zero-order chi connectivity index (χ0) is 15.7. The number of nitrogens with zero attached hydrogens (tertiary/aromatic N) is 3. The smallest absolute Gasteiger partial charge is 0.433 e. The van der Waals surface area contributed by atoms with E-state index in [4.69, 9.17) is 9.57 Å². The van der Waals surface area contributed by atoms with E-state index < -0.39 is 17.5 Å². The monoisotopic (exact) mass is 321 g/mol. The Kier molecular flexibility index (Phi) is 4.31. The number of hydrogen-bond donors (Lipinski definition) is 0. The molecule has 2 rings (SSSR count). The molecule has 0 atom stereocenters. The summed E-state index contributed by atoms with van der Waals surface area (Å²) >= 11 is 1.16. The fraction of sp³-hybridized carbons (Fsp3) is 0.583. The summed E-state index contributed by atoms with van der Waals surface area (Å²) in [6, 6.07) is 0. The maximum absolute atomic E-state index is 13.0. The highest BCUT2D eigenvalue weighted by Crippen LogP contribution is 2.37. The topological polar surface area (TPSA) is 56.6 Å². The maximum atomic E-state index is 13.0. The standard InChI is InChI=1S/C12H14F3N3O2S/c1-11(2)4-8(18-20-11)21-5-7-9(12(13,14)15)16-6-17-10(7)19-3/h6H,4-5H2,1-3H3. The number of aromatic nitrogens is 2. The molecule has 0 saturated carbocycles. The summed E-state index contributed by atoms with van der Waals surface area (Å²) in [6.45, 7) is 3.72. The van der Waals surface area contributed by atoms with Crippen LogP contribution in [0.2, 0.25) is 0 Å². The number of ether oxygens (including phenoxy) is 1. The Balaban J connectivity index is 2.19. The third kappa shape index (κ3) is 3.78. The van der Waals surface area contributed by atoms with Gasteiger partial charge in [-0.05, 0) is 13.8 Å². The van der Waals surface area contributed by atoms with E-state index in [2.05, 4.69) is 15.1 Å². The average molecular weight is 321 g/mol. The Labute approximate surface area is 123 Å². The lowest BCUT2D eigenvalue weighted by atomic mass is 10.1. The molecule has 9 heteroatoms. The van der Waals surface area contributed by atoms with Crippen molar-refractivity contribution in [1.29, 1.82) is 0 Å². The molecule has 0 saturated heterocycles. The zero-order valence-electron chi connectivity index (χ0n) is 11.7. The summed E-state index contributed by atoms with van der Waals surface area (Å²) in [5.74, 6) is -0.0690. The first kappa shape index (κ1) is 15.9. The van der Waals surface area contributed by atoms with Crippen LogP contribution in [-0.2, 0) is 16.8 Å². The van der Waals surface area contributed by atoms with Crippen molar-refractivity contribution in [2.75, 3.05) is 7.11 Å². The number of rotatable bonds is 3. The fourth-order valence-electron chi connectivity index (χ4n) is 1.78. The third-order valence-electron chi connectivity index (χ3n) is 2.72. The van der Waals surface area contributed by atoms with Gasteiger partial charge in [-0.25, -0.2) is 9.97 Å². The molecule has 0 aromatic carbocycles. The molecule has 1 aromatic rings. The summed E-state index contributed by atoms with van der Waals surface area (Å²) in [5, 5.41) is 4.51. The van der Waals surface area contributed by atoms with Crippen LogP contribution >= 0.6 is 11.8 Å². The molecule has 1 aliphatic rings. The predicted molar refractivity (Wildman–Crippen MR) is 72.1 cm³/mol. The van der Waals surface area contributed by atoms with Crippen molar-refractivity contribution in [1.82, 2.24) is 9.97 Å². The molecule has 5 nitrogen and oxygen atoms in total. The normalized spacial score (nSPS) is 17.3. The quantitative estimate of drug-likeness (QED) is 0.855. The first-order valence-corrected chi connectivity index (χ1v) is 7.04. The summed E-state index contributed by atoms with van der Waals surface area (Å²) < 4.78 is 43.8. The summed E-state index contributed by atoms with van der Waals surface area (Å²) in [6.07, 6.45) is -3.16. The van der Waals surface area contributed by atoms with Crippen molar-refractivity contribution < 1.29 is 22.7 Å². The van der Waals surface area contributed by atoms with Gasteiger partial charge in [0.05, 0.1) is 12.7 Å². The van der Waals surface area contributed by atoms with Crippen molar-refractivity contribution in [3.8, 4) is 5.88 Å². The lowest BCUT2D eigenvalue weighted by molar-refractivity contribution is -0.141. The molecule has 0 fully saturated rings. The maximum Gasteiger partial charge on any atom is 0.433 e. The number of thioether (sulfide) groups is 1. The molecular formula is C12H14F3N3O2S. The van der Waals surface area contributed by atoms with Gasteiger partial charge in [0.1, 0.15) is 17.0 Å². The van der Waals surface area contributed by atoms with Crippen LogP contribution < -0.4 is 4.74 Å². The molecule has 21 heavy (non-hydrogen) atoms. The second kappa shape index (κ2) is 5.70. The minimum atomic E-state index is -4.56. The highest BCUT2D eigenvalue weighted by atomic mass is 32.2. The Morgan fingerprint density at radius 3 is 2.62 bits per heavy atom. The lowest BCUT2D eigenvalue weighted by Gasteiger charge is -2.14. The van der Waals surface area contributed by atoms with E-state index >= 15 is 0 Å². The van der Waals surface area contributed by atoms with Gasteiger partial charge < -0.3 is 9.57 Å². The fourth-order valence-corrected chi connectivity index (χ4v) is 2.89. The van der Waals surface area contributed by atoms with E-state index in [1.165, 1.54) is 7.11 Å². The molecule has 1 aromatic heterocycles. The highest BCUT2D eigenvalue weighted by Gasteiger charge is 2.37. The third-order valence-corrected chi connectivity index (χ3v) is 3.71. The first-order valence-electron chi connectivity index (χ1n) is 6.06. The molecule has 0 N–H and O–H groups in total. The Hall–Kier alpha value is -1.51. The molecule has 0 bridgehead atoms. The Morgan fingerprint density at radius 2 is 2.10 bits per heavy atom. The Bertz CT molecular complexity index is 561. The van der Waals surface area contributed by atoms with E-state index in [0.29, 0.717) is 11.5 Å². The van der Waals surface area contributed by atoms with Crippen LogP contribution in [0.3, 0.4) is 0 Å². The number of halogens is 3. The van der Waals surface area contributed by atoms with Crippen LogP contribution in [0.15, 0.2) is 11.5 Å². The highest BCUT2D eigenvalue weighted by molar-refractivity contribution is 8.13. The summed E-state index contributed by atoms with van der Waals surface area (Å²) in [4.78, 5) is 12.2. The Morgan fingerprint density at radius 1 is 1.38 bits per heavy atom. The minimum absolute atomic E-state index is 0.0110. The predicted octanol–water partition coefficient (Wildman–Crippen LogP) is 3.25. The van der Waals surface area contributed by atoms with E-state index in [1.54, 1.807) is 0 Å².